The van der Waals surface area contributed by atoms with Crippen molar-refractivity contribution in [2.75, 3.05) is 6.61 Å². The van der Waals surface area contributed by atoms with Crippen LogP contribution in [0.25, 0.3) is 0 Å². The van der Waals surface area contributed by atoms with Gasteiger partial charge in [-0.2, -0.15) is 0 Å². The molecule has 0 spiro atoms. The number of ether oxygens (including phenoxy) is 1. The van der Waals surface area contributed by atoms with E-state index in [-0.39, 0.29) is 0 Å². The van der Waals surface area contributed by atoms with Gasteiger partial charge in [-0.3, -0.25) is 0 Å². The predicted octanol–water partition coefficient (Wildman–Crippen LogP) is 2.10. The first-order valence-electron chi connectivity index (χ1n) is 4.76. The molecule has 1 aromatic rings. The van der Waals surface area contributed by atoms with Crippen molar-refractivity contribution in [3.63, 3.8) is 0 Å². The van der Waals surface area contributed by atoms with Crippen molar-refractivity contribution in [1.82, 2.24) is 0 Å². The molecule has 3 nitrogen and oxygen atoms in total. The fourth-order valence-electron chi connectivity index (χ4n) is 1.65. The van der Waals surface area contributed by atoms with Crippen LogP contribution in [0, 0.1) is 0 Å². The number of aromatic carboxylic acids is 1. The van der Waals surface area contributed by atoms with Gasteiger partial charge < -0.3 is 9.84 Å². The third kappa shape index (κ3) is 1.71. The first-order chi connectivity index (χ1) is 6.77. The van der Waals surface area contributed by atoms with E-state index in [1.165, 1.54) is 0 Å². The normalized spacial score (nSPS) is 15.1. The average Bonchev–Trinajstić information content (AvgIpc) is 2.41. The monoisotopic (exact) mass is 192 g/mol. The van der Waals surface area contributed by atoms with Crippen LogP contribution in [0.2, 0.25) is 0 Å². The van der Waals surface area contributed by atoms with E-state index >= 15 is 0 Å². The van der Waals surface area contributed by atoms with Gasteiger partial charge in [0.15, 0.2) is 0 Å². The summed E-state index contributed by atoms with van der Waals surface area (Å²) in [6.45, 7) is 0.736. The van der Waals surface area contributed by atoms with Crippen molar-refractivity contribution < 1.29 is 14.6 Å². The van der Waals surface area contributed by atoms with Crippen LogP contribution >= 0.6 is 0 Å². The zero-order valence-corrected chi connectivity index (χ0v) is 7.82. The highest BCUT2D eigenvalue weighted by Gasteiger charge is 2.11. The van der Waals surface area contributed by atoms with Crippen molar-refractivity contribution >= 4 is 5.97 Å². The zero-order valence-electron chi connectivity index (χ0n) is 7.82. The van der Waals surface area contributed by atoms with E-state index in [1.807, 2.05) is 0 Å². The molecule has 2 rings (SSSR count). The Labute approximate surface area is 82.3 Å². The van der Waals surface area contributed by atoms with Crippen molar-refractivity contribution in [3.05, 3.63) is 29.3 Å². The summed E-state index contributed by atoms with van der Waals surface area (Å²) < 4.78 is 5.49. The molecule has 14 heavy (non-hydrogen) atoms. The minimum atomic E-state index is -0.878. The van der Waals surface area contributed by atoms with Crippen LogP contribution < -0.4 is 4.74 Å². The number of carbonyl (C=O) groups is 1. The highest BCUT2D eigenvalue weighted by atomic mass is 16.5. The number of carboxylic acid groups (broad SMARTS) is 1. The summed E-state index contributed by atoms with van der Waals surface area (Å²) in [6, 6.07) is 5.06. The molecule has 1 aromatic carbocycles. The predicted molar refractivity (Wildman–Crippen MR) is 51.8 cm³/mol. The molecule has 0 fully saturated rings. The molecule has 0 saturated heterocycles. The van der Waals surface area contributed by atoms with Crippen LogP contribution in [0.15, 0.2) is 18.2 Å². The van der Waals surface area contributed by atoms with Crippen molar-refractivity contribution in [3.8, 4) is 5.75 Å². The Morgan fingerprint density at radius 2 is 2.21 bits per heavy atom. The number of rotatable bonds is 1. The highest BCUT2D eigenvalue weighted by molar-refractivity contribution is 5.88. The molecule has 0 radical (unpaired) electrons. The lowest BCUT2D eigenvalue weighted by Gasteiger charge is -2.06. The van der Waals surface area contributed by atoms with E-state index in [2.05, 4.69) is 0 Å². The van der Waals surface area contributed by atoms with Crippen LogP contribution in [-0.4, -0.2) is 17.7 Å². The lowest BCUT2D eigenvalue weighted by atomic mass is 10.1. The molecule has 1 N–H and O–H groups in total. The van der Waals surface area contributed by atoms with Crippen molar-refractivity contribution in [1.29, 1.82) is 0 Å². The molecule has 0 aliphatic carbocycles. The largest absolute Gasteiger partial charge is 0.493 e. The summed E-state index contributed by atoms with van der Waals surface area (Å²) in [6.07, 6.45) is 3.02. The summed E-state index contributed by atoms with van der Waals surface area (Å²) in [5, 5.41) is 8.82. The fraction of sp³-hybridized carbons (Fsp3) is 0.364. The lowest BCUT2D eigenvalue weighted by molar-refractivity contribution is 0.0696. The minimum absolute atomic E-state index is 0.342. The number of fused-ring (bicyclic) bond motifs is 1. The second-order valence-corrected chi connectivity index (χ2v) is 3.43. The van der Waals surface area contributed by atoms with E-state index in [4.69, 9.17) is 9.84 Å². The number of aryl methyl sites for hydroxylation is 1. The Bertz CT molecular complexity index is 358. The Hall–Kier alpha value is -1.51. The van der Waals surface area contributed by atoms with E-state index in [1.54, 1.807) is 18.2 Å². The zero-order chi connectivity index (χ0) is 9.97. The van der Waals surface area contributed by atoms with Crippen LogP contribution in [0.5, 0.6) is 5.75 Å². The summed E-state index contributed by atoms with van der Waals surface area (Å²) in [4.78, 5) is 10.7. The molecule has 0 saturated carbocycles. The van der Waals surface area contributed by atoms with Gasteiger partial charge in [0, 0.05) is 0 Å². The third-order valence-electron chi connectivity index (χ3n) is 2.41. The molecular formula is C11H12O3. The van der Waals surface area contributed by atoms with Crippen LogP contribution in [0.4, 0.5) is 0 Å². The Morgan fingerprint density at radius 1 is 1.36 bits per heavy atom. The molecule has 0 unspecified atom stereocenters. The maximum Gasteiger partial charge on any atom is 0.335 e. The maximum atomic E-state index is 10.7. The van der Waals surface area contributed by atoms with Gasteiger partial charge in [-0.1, -0.05) is 0 Å². The molecule has 1 heterocycles. The number of carboxylic acids is 1. The molecular weight excluding hydrogens is 180 g/mol. The summed E-state index contributed by atoms with van der Waals surface area (Å²) in [7, 11) is 0. The molecule has 0 aromatic heterocycles. The van der Waals surface area contributed by atoms with E-state index in [0.29, 0.717) is 5.56 Å². The average molecular weight is 192 g/mol. The van der Waals surface area contributed by atoms with Gasteiger partial charge in [-0.15, -0.1) is 0 Å². The van der Waals surface area contributed by atoms with Gasteiger partial charge in [0.25, 0.3) is 0 Å². The molecule has 0 amide bonds. The van der Waals surface area contributed by atoms with Gasteiger partial charge in [0.2, 0.25) is 0 Å². The summed E-state index contributed by atoms with van der Waals surface area (Å²) >= 11 is 0. The van der Waals surface area contributed by atoms with E-state index in [0.717, 1.165) is 37.2 Å². The van der Waals surface area contributed by atoms with Crippen LogP contribution in [0.1, 0.15) is 28.8 Å². The molecule has 0 atom stereocenters. The molecule has 0 bridgehead atoms. The number of hydrogen-bond donors (Lipinski definition) is 1. The van der Waals surface area contributed by atoms with Gasteiger partial charge >= 0.3 is 5.97 Å². The maximum absolute atomic E-state index is 10.7. The molecule has 3 heteroatoms. The Kier molecular flexibility index (Phi) is 2.39. The fourth-order valence-corrected chi connectivity index (χ4v) is 1.65. The van der Waals surface area contributed by atoms with E-state index in [9.17, 15) is 4.79 Å². The molecule has 1 aliphatic rings. The standard InChI is InChI=1S/C11H12O3/c12-11(13)9-4-5-10-8(7-9)3-1-2-6-14-10/h4-5,7H,1-3,6H2,(H,12,13). The highest BCUT2D eigenvalue weighted by Crippen LogP contribution is 2.25. The van der Waals surface area contributed by atoms with Crippen molar-refractivity contribution in [2.45, 2.75) is 19.3 Å². The topological polar surface area (TPSA) is 46.5 Å². The third-order valence-corrected chi connectivity index (χ3v) is 2.41. The second-order valence-electron chi connectivity index (χ2n) is 3.43. The molecule has 74 valence electrons. The smallest absolute Gasteiger partial charge is 0.335 e. The van der Waals surface area contributed by atoms with Gasteiger partial charge in [0.05, 0.1) is 12.2 Å². The van der Waals surface area contributed by atoms with Gasteiger partial charge in [0.1, 0.15) is 5.75 Å². The van der Waals surface area contributed by atoms with E-state index < -0.39 is 5.97 Å². The second kappa shape index (κ2) is 3.70. The summed E-state index contributed by atoms with van der Waals surface area (Å²) in [5.41, 5.74) is 1.36. The number of hydrogen-bond acceptors (Lipinski definition) is 2. The minimum Gasteiger partial charge on any atom is -0.493 e. The SMILES string of the molecule is O=C(O)c1ccc2c(c1)CCCCO2. The number of benzene rings is 1. The first-order valence-corrected chi connectivity index (χ1v) is 4.76. The van der Waals surface area contributed by atoms with Gasteiger partial charge in [-0.25, -0.2) is 4.79 Å². The Morgan fingerprint density at radius 3 is 3.00 bits per heavy atom. The summed E-state index contributed by atoms with van der Waals surface area (Å²) in [5.74, 6) is -0.0375. The van der Waals surface area contributed by atoms with Crippen LogP contribution in [0.3, 0.4) is 0 Å². The Balaban J connectivity index is 2.37. The van der Waals surface area contributed by atoms with Crippen molar-refractivity contribution in [2.24, 2.45) is 0 Å². The molecule has 1 aliphatic heterocycles. The van der Waals surface area contributed by atoms with Gasteiger partial charge in [-0.05, 0) is 43.0 Å². The van der Waals surface area contributed by atoms with Crippen LogP contribution in [-0.2, 0) is 6.42 Å². The quantitative estimate of drug-likeness (QED) is 0.741. The lowest BCUT2D eigenvalue weighted by Crippen LogP contribution is -1.99. The first kappa shape index (κ1) is 9.06.